The SMILES string of the molecule is Cc1cc(CN)ccc1S(=O)(=O)Nc1ccccc1. The van der Waals surface area contributed by atoms with Crippen molar-refractivity contribution in [3.05, 3.63) is 59.7 Å². The summed E-state index contributed by atoms with van der Waals surface area (Å²) in [6.07, 6.45) is 0. The molecule has 0 saturated carbocycles. The number of hydrogen-bond acceptors (Lipinski definition) is 3. The summed E-state index contributed by atoms with van der Waals surface area (Å²) >= 11 is 0. The molecule has 3 N–H and O–H groups in total. The van der Waals surface area contributed by atoms with E-state index in [2.05, 4.69) is 4.72 Å². The molecule has 0 atom stereocenters. The first-order valence-electron chi connectivity index (χ1n) is 5.90. The van der Waals surface area contributed by atoms with Crippen LogP contribution in [0.3, 0.4) is 0 Å². The average Bonchev–Trinajstić information content (AvgIpc) is 2.38. The lowest BCUT2D eigenvalue weighted by Gasteiger charge is -2.11. The Morgan fingerprint density at radius 3 is 2.37 bits per heavy atom. The molecule has 0 saturated heterocycles. The van der Waals surface area contributed by atoms with Crippen molar-refractivity contribution >= 4 is 15.7 Å². The zero-order chi connectivity index (χ0) is 13.9. The van der Waals surface area contributed by atoms with Crippen molar-refractivity contribution in [2.75, 3.05) is 4.72 Å². The summed E-state index contributed by atoms with van der Waals surface area (Å²) in [6.45, 7) is 2.16. The predicted octanol–water partition coefficient (Wildman–Crippen LogP) is 2.25. The fraction of sp³-hybridized carbons (Fsp3) is 0.143. The van der Waals surface area contributed by atoms with Crippen molar-refractivity contribution in [1.29, 1.82) is 0 Å². The molecule has 0 aliphatic heterocycles. The summed E-state index contributed by atoms with van der Waals surface area (Å²) in [5.41, 5.74) is 7.68. The van der Waals surface area contributed by atoms with Gasteiger partial charge < -0.3 is 5.73 Å². The minimum absolute atomic E-state index is 0.272. The third kappa shape index (κ3) is 3.13. The van der Waals surface area contributed by atoms with Crippen molar-refractivity contribution in [3.63, 3.8) is 0 Å². The van der Waals surface area contributed by atoms with Gasteiger partial charge in [0.05, 0.1) is 4.90 Å². The Morgan fingerprint density at radius 1 is 1.11 bits per heavy atom. The summed E-state index contributed by atoms with van der Waals surface area (Å²) in [4.78, 5) is 0.272. The highest BCUT2D eigenvalue weighted by atomic mass is 32.2. The summed E-state index contributed by atoms with van der Waals surface area (Å²) in [5, 5.41) is 0. The Balaban J connectivity index is 2.35. The van der Waals surface area contributed by atoms with Crippen LogP contribution in [0.4, 0.5) is 5.69 Å². The lowest BCUT2D eigenvalue weighted by atomic mass is 10.1. The van der Waals surface area contributed by atoms with Gasteiger partial charge in [0.25, 0.3) is 10.0 Å². The second kappa shape index (κ2) is 5.42. The molecule has 4 nitrogen and oxygen atoms in total. The highest BCUT2D eigenvalue weighted by Crippen LogP contribution is 2.20. The Bertz CT molecular complexity index is 667. The van der Waals surface area contributed by atoms with Crippen LogP contribution in [0, 0.1) is 6.92 Å². The molecule has 0 radical (unpaired) electrons. The molecule has 0 aromatic heterocycles. The quantitative estimate of drug-likeness (QED) is 0.899. The zero-order valence-electron chi connectivity index (χ0n) is 10.6. The van der Waals surface area contributed by atoms with Gasteiger partial charge in [-0.25, -0.2) is 8.42 Å². The van der Waals surface area contributed by atoms with E-state index in [1.807, 2.05) is 6.07 Å². The Morgan fingerprint density at radius 2 is 1.79 bits per heavy atom. The lowest BCUT2D eigenvalue weighted by Crippen LogP contribution is -2.14. The van der Waals surface area contributed by atoms with Gasteiger partial charge in [0.2, 0.25) is 0 Å². The van der Waals surface area contributed by atoms with Crippen molar-refractivity contribution in [2.24, 2.45) is 5.73 Å². The first-order chi connectivity index (χ1) is 9.03. The molecule has 0 spiro atoms. The topological polar surface area (TPSA) is 72.2 Å². The fourth-order valence-corrected chi connectivity index (χ4v) is 3.14. The van der Waals surface area contributed by atoms with Gasteiger partial charge in [-0.2, -0.15) is 0 Å². The lowest BCUT2D eigenvalue weighted by molar-refractivity contribution is 0.600. The number of hydrogen-bond donors (Lipinski definition) is 2. The molecule has 100 valence electrons. The maximum atomic E-state index is 12.3. The van der Waals surface area contributed by atoms with Gasteiger partial charge in [0, 0.05) is 12.2 Å². The predicted molar refractivity (Wildman–Crippen MR) is 76.3 cm³/mol. The average molecular weight is 276 g/mol. The molecular formula is C14H16N2O2S. The molecule has 0 amide bonds. The van der Waals surface area contributed by atoms with Crippen molar-refractivity contribution in [3.8, 4) is 0 Å². The minimum Gasteiger partial charge on any atom is -0.326 e. The first-order valence-corrected chi connectivity index (χ1v) is 7.39. The number of nitrogens with two attached hydrogens (primary N) is 1. The van der Waals surface area contributed by atoms with Crippen LogP contribution in [0.25, 0.3) is 0 Å². The van der Waals surface area contributed by atoms with E-state index in [0.29, 0.717) is 17.8 Å². The smallest absolute Gasteiger partial charge is 0.262 e. The van der Waals surface area contributed by atoms with Gasteiger partial charge in [-0.15, -0.1) is 0 Å². The molecule has 2 aromatic carbocycles. The van der Waals surface area contributed by atoms with E-state index in [-0.39, 0.29) is 4.90 Å². The van der Waals surface area contributed by atoms with Gasteiger partial charge in [-0.05, 0) is 36.2 Å². The summed E-state index contributed by atoms with van der Waals surface area (Å²) in [5.74, 6) is 0. The number of nitrogens with one attached hydrogen (secondary N) is 1. The van der Waals surface area contributed by atoms with E-state index in [4.69, 9.17) is 5.73 Å². The number of benzene rings is 2. The van der Waals surface area contributed by atoms with Crippen LogP contribution in [-0.4, -0.2) is 8.42 Å². The van der Waals surface area contributed by atoms with Crippen molar-refractivity contribution in [2.45, 2.75) is 18.4 Å². The molecule has 0 bridgehead atoms. The van der Waals surface area contributed by atoms with Gasteiger partial charge in [0.1, 0.15) is 0 Å². The number of aryl methyl sites for hydroxylation is 1. The highest BCUT2D eigenvalue weighted by molar-refractivity contribution is 7.92. The normalized spacial score (nSPS) is 11.3. The molecule has 5 heteroatoms. The molecule has 0 unspecified atom stereocenters. The van der Waals surface area contributed by atoms with Crippen LogP contribution in [0.5, 0.6) is 0 Å². The molecule has 0 fully saturated rings. The van der Waals surface area contributed by atoms with Gasteiger partial charge in [-0.1, -0.05) is 30.3 Å². The Kier molecular flexibility index (Phi) is 3.87. The van der Waals surface area contributed by atoms with E-state index < -0.39 is 10.0 Å². The van der Waals surface area contributed by atoms with Crippen LogP contribution >= 0.6 is 0 Å². The summed E-state index contributed by atoms with van der Waals surface area (Å²) in [6, 6.07) is 13.9. The molecule has 0 heterocycles. The van der Waals surface area contributed by atoms with Gasteiger partial charge in [-0.3, -0.25) is 4.72 Å². The number of rotatable bonds is 4. The minimum atomic E-state index is -3.56. The largest absolute Gasteiger partial charge is 0.326 e. The monoisotopic (exact) mass is 276 g/mol. The highest BCUT2D eigenvalue weighted by Gasteiger charge is 2.16. The number of para-hydroxylation sites is 1. The fourth-order valence-electron chi connectivity index (χ4n) is 1.86. The van der Waals surface area contributed by atoms with Crippen molar-refractivity contribution in [1.82, 2.24) is 0 Å². The first kappa shape index (κ1) is 13.6. The standard InChI is InChI=1S/C14H16N2O2S/c1-11-9-12(10-15)7-8-14(11)19(17,18)16-13-5-3-2-4-6-13/h2-9,16H,10,15H2,1H3. The van der Waals surface area contributed by atoms with Crippen LogP contribution in [0.2, 0.25) is 0 Å². The summed E-state index contributed by atoms with van der Waals surface area (Å²) in [7, 11) is -3.56. The molecule has 19 heavy (non-hydrogen) atoms. The zero-order valence-corrected chi connectivity index (χ0v) is 11.4. The maximum Gasteiger partial charge on any atom is 0.262 e. The van der Waals surface area contributed by atoms with Crippen LogP contribution in [0.15, 0.2) is 53.4 Å². The van der Waals surface area contributed by atoms with Crippen LogP contribution in [0.1, 0.15) is 11.1 Å². The third-order valence-electron chi connectivity index (χ3n) is 2.79. The van der Waals surface area contributed by atoms with Crippen molar-refractivity contribution < 1.29 is 8.42 Å². The number of sulfonamides is 1. The molecule has 2 aromatic rings. The van der Waals surface area contributed by atoms with E-state index in [9.17, 15) is 8.42 Å². The Labute approximate surface area is 113 Å². The van der Waals surface area contributed by atoms with E-state index >= 15 is 0 Å². The van der Waals surface area contributed by atoms with E-state index in [1.54, 1.807) is 49.4 Å². The molecular weight excluding hydrogens is 260 g/mol. The van der Waals surface area contributed by atoms with E-state index in [0.717, 1.165) is 5.56 Å². The summed E-state index contributed by atoms with van der Waals surface area (Å²) < 4.78 is 27.1. The molecule has 0 aliphatic rings. The van der Waals surface area contributed by atoms with Crippen LogP contribution in [-0.2, 0) is 16.6 Å². The number of anilines is 1. The maximum absolute atomic E-state index is 12.3. The Hall–Kier alpha value is -1.85. The van der Waals surface area contributed by atoms with Crippen LogP contribution < -0.4 is 10.5 Å². The van der Waals surface area contributed by atoms with Gasteiger partial charge in [0.15, 0.2) is 0 Å². The third-order valence-corrected chi connectivity index (χ3v) is 4.33. The second-order valence-corrected chi connectivity index (χ2v) is 5.93. The molecule has 0 aliphatic carbocycles. The molecule has 2 rings (SSSR count). The second-order valence-electron chi connectivity index (χ2n) is 4.28. The van der Waals surface area contributed by atoms with Gasteiger partial charge >= 0.3 is 0 Å². The van der Waals surface area contributed by atoms with E-state index in [1.165, 1.54) is 0 Å².